The second-order valence-corrected chi connectivity index (χ2v) is 3.07. The molecule has 1 N–H and O–H groups in total. The zero-order valence-corrected chi connectivity index (χ0v) is 8.31. The largest absolute Gasteiger partial charge is 0.466 e. The summed E-state index contributed by atoms with van der Waals surface area (Å²) in [6, 6.07) is 1.95. The smallest absolute Gasteiger partial charge is 0.219 e. The Labute approximate surface area is 78.1 Å². The van der Waals surface area contributed by atoms with E-state index in [4.69, 9.17) is 4.42 Å². The Morgan fingerprint density at radius 1 is 1.54 bits per heavy atom. The molecule has 3 heteroatoms. The van der Waals surface area contributed by atoms with E-state index in [9.17, 15) is 4.79 Å². The molecular formula is C10H15NO2. The molecular weight excluding hydrogens is 166 g/mol. The van der Waals surface area contributed by atoms with Gasteiger partial charge in [-0.25, -0.2) is 0 Å². The number of nitrogens with one attached hydrogen (secondary N) is 1. The maximum atomic E-state index is 11.0. The predicted octanol–water partition coefficient (Wildman–Crippen LogP) is 1.92. The van der Waals surface area contributed by atoms with E-state index in [-0.39, 0.29) is 5.91 Å². The van der Waals surface area contributed by atoms with Gasteiger partial charge < -0.3 is 9.73 Å². The third kappa shape index (κ3) is 2.61. The van der Waals surface area contributed by atoms with Crippen molar-refractivity contribution in [1.82, 2.24) is 5.32 Å². The van der Waals surface area contributed by atoms with Gasteiger partial charge in [0.15, 0.2) is 0 Å². The topological polar surface area (TPSA) is 42.2 Å². The van der Waals surface area contributed by atoms with Crippen molar-refractivity contribution in [3.63, 3.8) is 0 Å². The lowest BCUT2D eigenvalue weighted by Gasteiger charge is -2.00. The fourth-order valence-electron chi connectivity index (χ4n) is 1.18. The highest BCUT2D eigenvalue weighted by Gasteiger charge is 2.04. The first-order valence-electron chi connectivity index (χ1n) is 4.46. The molecule has 13 heavy (non-hydrogen) atoms. The van der Waals surface area contributed by atoms with Crippen molar-refractivity contribution < 1.29 is 9.21 Å². The van der Waals surface area contributed by atoms with Gasteiger partial charge in [0, 0.05) is 18.5 Å². The van der Waals surface area contributed by atoms with E-state index >= 15 is 0 Å². The van der Waals surface area contributed by atoms with Crippen LogP contribution < -0.4 is 5.32 Å². The summed E-state index contributed by atoms with van der Waals surface area (Å²) in [5.74, 6) is 1.84. The highest BCUT2D eigenvalue weighted by atomic mass is 16.3. The van der Waals surface area contributed by atoms with Gasteiger partial charge in [0.25, 0.3) is 0 Å². The first-order chi connectivity index (χ1) is 6.13. The minimum atomic E-state index is 0.0678. The fraction of sp³-hybridized carbons (Fsp3) is 0.500. The number of amides is 1. The molecule has 0 unspecified atom stereocenters. The van der Waals surface area contributed by atoms with Crippen LogP contribution in [0.2, 0.25) is 0 Å². The molecule has 1 rings (SSSR count). The van der Waals surface area contributed by atoms with Crippen LogP contribution in [0, 0.1) is 13.8 Å². The van der Waals surface area contributed by atoms with Crippen molar-refractivity contribution in [3.8, 4) is 0 Å². The van der Waals surface area contributed by atoms with Gasteiger partial charge >= 0.3 is 0 Å². The predicted molar refractivity (Wildman–Crippen MR) is 50.3 cm³/mol. The Kier molecular flexibility index (Phi) is 3.12. The third-order valence-corrected chi connectivity index (χ3v) is 1.94. The molecule has 1 heterocycles. The average molecular weight is 181 g/mol. The lowest BCUT2D eigenvalue weighted by molar-refractivity contribution is -0.120. The minimum absolute atomic E-state index is 0.0678. The summed E-state index contributed by atoms with van der Waals surface area (Å²) in [5, 5.41) is 2.80. The van der Waals surface area contributed by atoms with Crippen molar-refractivity contribution in [2.75, 3.05) is 0 Å². The zero-order valence-electron chi connectivity index (χ0n) is 8.31. The van der Waals surface area contributed by atoms with E-state index in [1.54, 1.807) is 0 Å². The summed E-state index contributed by atoms with van der Waals surface area (Å²) in [5.41, 5.74) is 1.05. The molecule has 0 saturated carbocycles. The fourth-order valence-corrected chi connectivity index (χ4v) is 1.18. The molecule has 1 amide bonds. The molecule has 0 aliphatic rings. The summed E-state index contributed by atoms with van der Waals surface area (Å²) in [6.07, 6.45) is 0.524. The Hall–Kier alpha value is -1.25. The Morgan fingerprint density at radius 2 is 2.23 bits per heavy atom. The molecule has 0 aliphatic carbocycles. The number of furan rings is 1. The first-order valence-corrected chi connectivity index (χ1v) is 4.46. The molecule has 3 nitrogen and oxygen atoms in total. The van der Waals surface area contributed by atoms with Crippen molar-refractivity contribution in [2.24, 2.45) is 0 Å². The number of hydrogen-bond donors (Lipinski definition) is 1. The van der Waals surface area contributed by atoms with E-state index in [0.717, 1.165) is 17.1 Å². The number of aryl methyl sites for hydroxylation is 2. The van der Waals surface area contributed by atoms with Gasteiger partial charge in [-0.15, -0.1) is 0 Å². The van der Waals surface area contributed by atoms with Crippen LogP contribution in [0.25, 0.3) is 0 Å². The molecule has 72 valence electrons. The summed E-state index contributed by atoms with van der Waals surface area (Å²) in [4.78, 5) is 11.0. The number of rotatable bonds is 3. The lowest BCUT2D eigenvalue weighted by Crippen LogP contribution is -2.21. The van der Waals surface area contributed by atoms with Crippen LogP contribution in [0.5, 0.6) is 0 Å². The van der Waals surface area contributed by atoms with Crippen molar-refractivity contribution in [3.05, 3.63) is 23.2 Å². The van der Waals surface area contributed by atoms with Gasteiger partial charge in [0.1, 0.15) is 11.5 Å². The second kappa shape index (κ2) is 4.12. The molecule has 0 spiro atoms. The van der Waals surface area contributed by atoms with Crippen LogP contribution in [0.4, 0.5) is 0 Å². The van der Waals surface area contributed by atoms with Crippen LogP contribution in [0.3, 0.4) is 0 Å². The third-order valence-electron chi connectivity index (χ3n) is 1.94. The maximum absolute atomic E-state index is 11.0. The highest BCUT2D eigenvalue weighted by molar-refractivity contribution is 5.75. The summed E-state index contributed by atoms with van der Waals surface area (Å²) in [6.45, 7) is 6.21. The molecule has 1 aromatic rings. The SMILES string of the molecule is CCC(=O)NCc1cc(C)oc1C. The van der Waals surface area contributed by atoms with Gasteiger partial charge in [-0.1, -0.05) is 6.92 Å². The lowest BCUT2D eigenvalue weighted by atomic mass is 10.2. The van der Waals surface area contributed by atoms with Crippen LogP contribution >= 0.6 is 0 Å². The van der Waals surface area contributed by atoms with E-state index < -0.39 is 0 Å². The van der Waals surface area contributed by atoms with Gasteiger partial charge in [-0.2, -0.15) is 0 Å². The molecule has 0 aromatic carbocycles. The standard InChI is InChI=1S/C10H15NO2/c1-4-10(12)11-6-9-5-7(2)13-8(9)3/h5H,4,6H2,1-3H3,(H,11,12). The molecule has 0 fully saturated rings. The zero-order chi connectivity index (χ0) is 9.84. The van der Waals surface area contributed by atoms with E-state index in [1.807, 2.05) is 26.8 Å². The average Bonchev–Trinajstić information content (AvgIpc) is 2.41. The van der Waals surface area contributed by atoms with E-state index in [0.29, 0.717) is 13.0 Å². The summed E-state index contributed by atoms with van der Waals surface area (Å²) >= 11 is 0. The van der Waals surface area contributed by atoms with Crippen LogP contribution in [0.1, 0.15) is 30.4 Å². The first kappa shape index (κ1) is 9.84. The maximum Gasteiger partial charge on any atom is 0.219 e. The molecule has 0 aliphatic heterocycles. The number of hydrogen-bond acceptors (Lipinski definition) is 2. The second-order valence-electron chi connectivity index (χ2n) is 3.07. The van der Waals surface area contributed by atoms with Crippen molar-refractivity contribution in [1.29, 1.82) is 0 Å². The van der Waals surface area contributed by atoms with E-state index in [1.165, 1.54) is 0 Å². The minimum Gasteiger partial charge on any atom is -0.466 e. The monoisotopic (exact) mass is 181 g/mol. The Balaban J connectivity index is 2.54. The normalized spacial score (nSPS) is 10.1. The summed E-state index contributed by atoms with van der Waals surface area (Å²) in [7, 11) is 0. The van der Waals surface area contributed by atoms with Gasteiger partial charge in [-0.3, -0.25) is 4.79 Å². The quantitative estimate of drug-likeness (QED) is 0.774. The van der Waals surface area contributed by atoms with Crippen LogP contribution in [0.15, 0.2) is 10.5 Å². The molecule has 0 atom stereocenters. The van der Waals surface area contributed by atoms with Gasteiger partial charge in [0.2, 0.25) is 5.91 Å². The summed E-state index contributed by atoms with van der Waals surface area (Å²) < 4.78 is 5.33. The van der Waals surface area contributed by atoms with Gasteiger partial charge in [0.05, 0.1) is 0 Å². The van der Waals surface area contributed by atoms with Crippen molar-refractivity contribution >= 4 is 5.91 Å². The Bertz CT molecular complexity index is 302. The number of carbonyl (C=O) groups is 1. The van der Waals surface area contributed by atoms with Gasteiger partial charge in [-0.05, 0) is 19.9 Å². The van der Waals surface area contributed by atoms with Crippen molar-refractivity contribution in [2.45, 2.75) is 33.7 Å². The number of carbonyl (C=O) groups excluding carboxylic acids is 1. The van der Waals surface area contributed by atoms with Crippen LogP contribution in [-0.2, 0) is 11.3 Å². The van der Waals surface area contributed by atoms with Crippen LogP contribution in [-0.4, -0.2) is 5.91 Å². The highest BCUT2D eigenvalue weighted by Crippen LogP contribution is 2.12. The molecule has 0 radical (unpaired) electrons. The molecule has 1 aromatic heterocycles. The molecule has 0 bridgehead atoms. The Morgan fingerprint density at radius 3 is 2.69 bits per heavy atom. The van der Waals surface area contributed by atoms with E-state index in [2.05, 4.69) is 5.32 Å². The molecule has 0 saturated heterocycles.